The molecule has 0 spiro atoms. The largest absolute Gasteiger partial charge is 0.458 e. The van der Waals surface area contributed by atoms with E-state index in [0.29, 0.717) is 5.75 Å². The maximum atomic E-state index is 12.6. The van der Waals surface area contributed by atoms with Crippen molar-refractivity contribution in [3.63, 3.8) is 0 Å². The van der Waals surface area contributed by atoms with Gasteiger partial charge in [-0.15, -0.1) is 11.8 Å². The zero-order valence-electron chi connectivity index (χ0n) is 32.7. The number of carbonyl (C=O) groups is 2. The van der Waals surface area contributed by atoms with Crippen LogP contribution in [0.1, 0.15) is 49.4 Å². The van der Waals surface area contributed by atoms with Crippen LogP contribution in [0.5, 0.6) is 0 Å². The third-order valence-corrected chi connectivity index (χ3v) is 11.1. The molecule has 12 nitrogen and oxygen atoms in total. The summed E-state index contributed by atoms with van der Waals surface area (Å²) in [5.74, 6) is -0.503. The van der Waals surface area contributed by atoms with E-state index in [9.17, 15) is 9.59 Å². The van der Waals surface area contributed by atoms with E-state index in [1.165, 1.54) is 13.8 Å². The number of methoxy groups -OCH3 is 1. The molecule has 4 aromatic rings. The molecule has 1 unspecified atom stereocenters. The number of thioether (sulfide) groups is 1. The monoisotopic (exact) mass is 814 g/mol. The molecular formula is C45H50O12S. The molecule has 0 radical (unpaired) electrons. The highest BCUT2D eigenvalue weighted by Crippen LogP contribution is 2.39. The first-order valence-corrected chi connectivity index (χ1v) is 20.5. The first-order chi connectivity index (χ1) is 28.3. The Morgan fingerprint density at radius 2 is 1.41 bits per heavy atom. The van der Waals surface area contributed by atoms with Crippen molar-refractivity contribution in [3.8, 4) is 0 Å². The first-order valence-electron chi connectivity index (χ1n) is 19.5. The highest BCUT2D eigenvalue weighted by atomic mass is 32.2. The third kappa shape index (κ3) is 11.1. The molecule has 13 heteroatoms. The lowest BCUT2D eigenvalue weighted by molar-refractivity contribution is -0.387. The van der Waals surface area contributed by atoms with Crippen molar-refractivity contribution in [1.29, 1.82) is 0 Å². The van der Waals surface area contributed by atoms with E-state index in [0.717, 1.165) is 21.6 Å². The van der Waals surface area contributed by atoms with E-state index in [4.69, 9.17) is 47.4 Å². The highest BCUT2D eigenvalue weighted by molar-refractivity contribution is 7.99. The lowest BCUT2D eigenvalue weighted by atomic mass is 9.96. The van der Waals surface area contributed by atoms with Crippen molar-refractivity contribution in [1.82, 2.24) is 0 Å². The highest BCUT2D eigenvalue weighted by Gasteiger charge is 2.54. The number of hydrogen-bond donors (Lipinski definition) is 0. The van der Waals surface area contributed by atoms with E-state index in [-0.39, 0.29) is 32.3 Å². The Kier molecular flexibility index (Phi) is 15.0. The minimum Gasteiger partial charge on any atom is -0.458 e. The van der Waals surface area contributed by atoms with E-state index in [1.807, 2.05) is 109 Å². The second-order valence-electron chi connectivity index (χ2n) is 14.2. The summed E-state index contributed by atoms with van der Waals surface area (Å²) in [4.78, 5) is 26.2. The Morgan fingerprint density at radius 3 is 2.09 bits per heavy atom. The van der Waals surface area contributed by atoms with Gasteiger partial charge in [0.1, 0.15) is 36.6 Å². The van der Waals surface area contributed by atoms with Crippen LogP contribution in [0.25, 0.3) is 0 Å². The molecule has 0 N–H and O–H groups in total. The van der Waals surface area contributed by atoms with Crippen molar-refractivity contribution in [3.05, 3.63) is 138 Å². The van der Waals surface area contributed by atoms with Crippen molar-refractivity contribution >= 4 is 23.7 Å². The summed E-state index contributed by atoms with van der Waals surface area (Å²) in [5, 5.41) is 0. The predicted molar refractivity (Wildman–Crippen MR) is 212 cm³/mol. The molecule has 11 atom stereocenters. The van der Waals surface area contributed by atoms with Crippen LogP contribution in [0, 0.1) is 0 Å². The van der Waals surface area contributed by atoms with Crippen LogP contribution in [0.15, 0.2) is 126 Å². The summed E-state index contributed by atoms with van der Waals surface area (Å²) >= 11 is 1.66. The summed E-state index contributed by atoms with van der Waals surface area (Å²) in [6, 6.07) is 39.3. The molecule has 0 amide bonds. The summed E-state index contributed by atoms with van der Waals surface area (Å²) < 4.78 is 63.5. The maximum absolute atomic E-state index is 12.6. The van der Waals surface area contributed by atoms with Crippen LogP contribution in [-0.4, -0.2) is 93.3 Å². The van der Waals surface area contributed by atoms with Gasteiger partial charge in [0.2, 0.25) is 0 Å². The zero-order chi connectivity index (χ0) is 40.3. The van der Waals surface area contributed by atoms with Crippen LogP contribution in [0.4, 0.5) is 0 Å². The minimum atomic E-state index is -0.996. The lowest BCUT2D eigenvalue weighted by Gasteiger charge is -2.50. The average molecular weight is 815 g/mol. The number of fused-ring (bicyclic) bond motifs is 1. The summed E-state index contributed by atoms with van der Waals surface area (Å²) in [5.41, 5.74) is 2.74. The fourth-order valence-corrected chi connectivity index (χ4v) is 8.36. The molecule has 58 heavy (non-hydrogen) atoms. The van der Waals surface area contributed by atoms with Gasteiger partial charge in [0, 0.05) is 43.6 Å². The van der Waals surface area contributed by atoms with Gasteiger partial charge in [-0.2, -0.15) is 0 Å². The van der Waals surface area contributed by atoms with E-state index in [1.54, 1.807) is 18.9 Å². The molecule has 7 rings (SSSR count). The van der Waals surface area contributed by atoms with Crippen molar-refractivity contribution in [2.75, 3.05) is 26.1 Å². The van der Waals surface area contributed by atoms with Gasteiger partial charge < -0.3 is 47.4 Å². The van der Waals surface area contributed by atoms with Crippen LogP contribution >= 0.6 is 11.8 Å². The fraction of sp³-hybridized carbons (Fsp3) is 0.422. The molecule has 3 fully saturated rings. The van der Waals surface area contributed by atoms with Crippen molar-refractivity contribution < 1.29 is 57.0 Å². The Morgan fingerprint density at radius 1 is 0.759 bits per heavy atom. The molecule has 3 heterocycles. The SMILES string of the molecule is CO[C@H]1O[C@@H]2COC(c3ccccc3)O[C@H]2[C@H](O[C@@H]2C[C@@H](OC(C)=O)[C@H](OC(C)=O)[C@@H](CO[C@H](CSc3ccccc3)c3ccccc3)O2)[C@H]1OCc1ccccc1. The second-order valence-corrected chi connectivity index (χ2v) is 15.3. The summed E-state index contributed by atoms with van der Waals surface area (Å²) in [7, 11) is 1.54. The number of esters is 2. The number of benzene rings is 4. The third-order valence-electron chi connectivity index (χ3n) is 10.1. The van der Waals surface area contributed by atoms with Gasteiger partial charge in [0.05, 0.1) is 25.9 Å². The molecule has 3 aliphatic rings. The molecule has 0 saturated carbocycles. The van der Waals surface area contributed by atoms with E-state index in [2.05, 4.69) is 12.1 Å². The van der Waals surface area contributed by atoms with Crippen LogP contribution in [-0.2, 0) is 63.6 Å². The van der Waals surface area contributed by atoms with E-state index < -0.39 is 73.5 Å². The van der Waals surface area contributed by atoms with Gasteiger partial charge in [-0.3, -0.25) is 9.59 Å². The van der Waals surface area contributed by atoms with E-state index >= 15 is 0 Å². The first kappa shape index (κ1) is 42.0. The number of rotatable bonds is 16. The van der Waals surface area contributed by atoms with Crippen LogP contribution in [0.2, 0.25) is 0 Å². The second kappa shape index (κ2) is 20.7. The molecule has 0 bridgehead atoms. The molecule has 3 aliphatic heterocycles. The predicted octanol–water partition coefficient (Wildman–Crippen LogP) is 6.97. The van der Waals surface area contributed by atoms with Crippen molar-refractivity contribution in [2.24, 2.45) is 0 Å². The molecule has 4 aromatic carbocycles. The topological polar surface area (TPSA) is 126 Å². The van der Waals surface area contributed by atoms with Crippen LogP contribution < -0.4 is 0 Å². The quantitative estimate of drug-likeness (QED) is 0.0855. The summed E-state index contributed by atoms with van der Waals surface area (Å²) in [6.07, 6.45) is -8.58. The standard InChI is InChI=1S/C45H50O12S/c1-29(46)52-35-24-39(54-36(40(35)53-30(2)47)26-49-38(32-18-10-5-11-19-32)28-58-34-22-14-7-15-23-34)56-42-41-37(27-51-44(57-41)33-20-12-6-13-21-33)55-45(48-3)43(42)50-25-31-16-8-4-9-17-31/h4-23,35-45H,24-28H2,1-3H3/t35-,36-,37-,38-,39-,40+,41-,42+,43-,44?,45+/m1/s1. The van der Waals surface area contributed by atoms with Gasteiger partial charge in [-0.25, -0.2) is 0 Å². The zero-order valence-corrected chi connectivity index (χ0v) is 33.6. The van der Waals surface area contributed by atoms with Gasteiger partial charge in [0.15, 0.2) is 25.0 Å². The normalized spacial score (nSPS) is 28.8. The fourth-order valence-electron chi connectivity index (χ4n) is 7.38. The number of carbonyl (C=O) groups excluding carboxylic acids is 2. The minimum absolute atomic E-state index is 0.0145. The molecule has 0 aliphatic carbocycles. The number of hydrogen-bond acceptors (Lipinski definition) is 13. The van der Waals surface area contributed by atoms with Gasteiger partial charge in [0.25, 0.3) is 0 Å². The average Bonchev–Trinajstić information content (AvgIpc) is 3.25. The smallest absolute Gasteiger partial charge is 0.303 e. The Hall–Kier alpha value is -4.15. The Bertz CT molecular complexity index is 1850. The molecule has 0 aromatic heterocycles. The van der Waals surface area contributed by atoms with Crippen molar-refractivity contribution in [2.45, 2.75) is 99.5 Å². The van der Waals surface area contributed by atoms with Crippen LogP contribution in [0.3, 0.4) is 0 Å². The molecule has 308 valence electrons. The van der Waals surface area contributed by atoms with Gasteiger partial charge in [-0.1, -0.05) is 109 Å². The van der Waals surface area contributed by atoms with Gasteiger partial charge in [-0.05, 0) is 23.3 Å². The van der Waals surface area contributed by atoms with Gasteiger partial charge >= 0.3 is 11.9 Å². The maximum Gasteiger partial charge on any atom is 0.303 e. The Balaban J connectivity index is 1.17. The Labute approximate surface area is 343 Å². The lowest BCUT2D eigenvalue weighted by Crippen LogP contribution is -2.65. The summed E-state index contributed by atoms with van der Waals surface area (Å²) in [6.45, 7) is 3.04. The number of ether oxygens (including phenoxy) is 10. The molecular weight excluding hydrogens is 765 g/mol. The molecule has 3 saturated heterocycles.